The molecule has 0 aliphatic heterocycles. The molecule has 1 unspecified atom stereocenters. The first-order valence-corrected chi connectivity index (χ1v) is 10.1. The van der Waals surface area contributed by atoms with Crippen LogP contribution < -0.4 is 4.74 Å². The highest BCUT2D eigenvalue weighted by atomic mass is 28.4. The van der Waals surface area contributed by atoms with Gasteiger partial charge in [0, 0.05) is 5.56 Å². The molecule has 0 aromatic heterocycles. The lowest BCUT2D eigenvalue weighted by Crippen LogP contribution is -2.41. The highest BCUT2D eigenvalue weighted by Gasteiger charge is 2.36. The Morgan fingerprint density at radius 2 is 1.75 bits per heavy atom. The summed E-state index contributed by atoms with van der Waals surface area (Å²) in [6.07, 6.45) is -0.521. The number of hydrogen-bond donors (Lipinski definition) is 1. The van der Waals surface area contributed by atoms with Crippen LogP contribution in [0.4, 0.5) is 0 Å². The molecule has 1 N–H and O–H groups in total. The standard InChI is InChI=1S/C16H28O3Si/c1-13(17)14-9-7-8-10-15(14)18-11-12-19-20(5,6)16(2,3)4/h7-10,13,17H,11-12H2,1-6H3. The molecule has 4 heteroatoms. The first-order valence-electron chi connectivity index (χ1n) is 7.19. The summed E-state index contributed by atoms with van der Waals surface area (Å²) in [5.41, 5.74) is 0.819. The fourth-order valence-electron chi connectivity index (χ4n) is 1.62. The maximum Gasteiger partial charge on any atom is 0.192 e. The van der Waals surface area contributed by atoms with Crippen LogP contribution in [0.3, 0.4) is 0 Å². The Labute approximate surface area is 124 Å². The molecule has 1 aromatic rings. The van der Waals surface area contributed by atoms with Crippen molar-refractivity contribution in [1.29, 1.82) is 0 Å². The SMILES string of the molecule is CC(O)c1ccccc1OCCO[Si](C)(C)C(C)(C)C. The van der Waals surface area contributed by atoms with Crippen molar-refractivity contribution in [2.45, 2.75) is 51.9 Å². The third-order valence-corrected chi connectivity index (χ3v) is 8.52. The average molecular weight is 296 g/mol. The molecule has 1 atom stereocenters. The van der Waals surface area contributed by atoms with E-state index in [-0.39, 0.29) is 5.04 Å². The Balaban J connectivity index is 2.50. The molecule has 20 heavy (non-hydrogen) atoms. The Morgan fingerprint density at radius 3 is 2.30 bits per heavy atom. The number of para-hydroxylation sites is 1. The van der Waals surface area contributed by atoms with Gasteiger partial charge in [-0.15, -0.1) is 0 Å². The Hall–Kier alpha value is -0.843. The maximum absolute atomic E-state index is 9.69. The highest BCUT2D eigenvalue weighted by Crippen LogP contribution is 2.36. The van der Waals surface area contributed by atoms with Gasteiger partial charge in [0.15, 0.2) is 8.32 Å². The minimum absolute atomic E-state index is 0.213. The van der Waals surface area contributed by atoms with Crippen LogP contribution in [-0.4, -0.2) is 26.6 Å². The molecule has 3 nitrogen and oxygen atoms in total. The van der Waals surface area contributed by atoms with Crippen molar-refractivity contribution in [2.24, 2.45) is 0 Å². The van der Waals surface area contributed by atoms with E-state index in [9.17, 15) is 5.11 Å². The zero-order chi connectivity index (χ0) is 15.4. The smallest absolute Gasteiger partial charge is 0.192 e. The third-order valence-electron chi connectivity index (χ3n) is 3.98. The zero-order valence-corrected chi connectivity index (χ0v) is 14.6. The lowest BCUT2D eigenvalue weighted by molar-refractivity contribution is 0.178. The average Bonchev–Trinajstić information content (AvgIpc) is 2.33. The largest absolute Gasteiger partial charge is 0.491 e. The predicted octanol–water partition coefficient (Wildman–Crippen LogP) is 4.14. The van der Waals surface area contributed by atoms with Crippen LogP contribution in [0.1, 0.15) is 39.4 Å². The maximum atomic E-state index is 9.69. The van der Waals surface area contributed by atoms with Crippen LogP contribution in [-0.2, 0) is 4.43 Å². The fraction of sp³-hybridized carbons (Fsp3) is 0.625. The quantitative estimate of drug-likeness (QED) is 0.633. The summed E-state index contributed by atoms with van der Waals surface area (Å²) < 4.78 is 11.8. The van der Waals surface area contributed by atoms with Crippen molar-refractivity contribution in [2.75, 3.05) is 13.2 Å². The van der Waals surface area contributed by atoms with Crippen molar-refractivity contribution in [3.05, 3.63) is 29.8 Å². The van der Waals surface area contributed by atoms with E-state index in [1.54, 1.807) is 6.92 Å². The molecule has 1 rings (SSSR count). The van der Waals surface area contributed by atoms with E-state index in [0.717, 1.165) is 11.3 Å². The van der Waals surface area contributed by atoms with Crippen LogP contribution in [0.15, 0.2) is 24.3 Å². The summed E-state index contributed by atoms with van der Waals surface area (Å²) in [5, 5.41) is 9.91. The van der Waals surface area contributed by atoms with Crippen molar-refractivity contribution in [3.63, 3.8) is 0 Å². The predicted molar refractivity (Wildman–Crippen MR) is 85.7 cm³/mol. The minimum atomic E-state index is -1.71. The van der Waals surface area contributed by atoms with Gasteiger partial charge in [-0.1, -0.05) is 39.0 Å². The van der Waals surface area contributed by atoms with E-state index in [1.165, 1.54) is 0 Å². The fourth-order valence-corrected chi connectivity index (χ4v) is 2.65. The van der Waals surface area contributed by atoms with E-state index in [4.69, 9.17) is 9.16 Å². The van der Waals surface area contributed by atoms with Crippen molar-refractivity contribution >= 4 is 8.32 Å². The topological polar surface area (TPSA) is 38.7 Å². The minimum Gasteiger partial charge on any atom is -0.491 e. The van der Waals surface area contributed by atoms with Gasteiger partial charge in [0.1, 0.15) is 12.4 Å². The van der Waals surface area contributed by atoms with E-state index < -0.39 is 14.4 Å². The summed E-state index contributed by atoms with van der Waals surface area (Å²) in [4.78, 5) is 0. The third kappa shape index (κ3) is 4.61. The molecule has 0 heterocycles. The van der Waals surface area contributed by atoms with Crippen molar-refractivity contribution < 1.29 is 14.3 Å². The molecule has 0 fully saturated rings. The molecule has 0 aliphatic rings. The molecule has 0 amide bonds. The lowest BCUT2D eigenvalue weighted by atomic mass is 10.1. The molecular formula is C16H28O3Si. The number of aliphatic hydroxyl groups is 1. The summed E-state index contributed by atoms with van der Waals surface area (Å²) in [6.45, 7) is 14.0. The van der Waals surface area contributed by atoms with Gasteiger partial charge in [-0.05, 0) is 31.1 Å². The molecule has 0 spiro atoms. The first kappa shape index (κ1) is 17.2. The number of aliphatic hydroxyl groups excluding tert-OH is 1. The summed E-state index contributed by atoms with van der Waals surface area (Å²) in [5.74, 6) is 0.737. The molecule has 114 valence electrons. The summed E-state index contributed by atoms with van der Waals surface area (Å²) >= 11 is 0. The Bertz CT molecular complexity index is 422. The van der Waals surface area contributed by atoms with Gasteiger partial charge < -0.3 is 14.3 Å². The monoisotopic (exact) mass is 296 g/mol. The van der Waals surface area contributed by atoms with E-state index in [2.05, 4.69) is 33.9 Å². The second-order valence-corrected chi connectivity index (χ2v) is 11.5. The van der Waals surface area contributed by atoms with E-state index >= 15 is 0 Å². The van der Waals surface area contributed by atoms with Gasteiger partial charge in [-0.2, -0.15) is 0 Å². The zero-order valence-electron chi connectivity index (χ0n) is 13.6. The Kier molecular flexibility index (Phi) is 5.80. The van der Waals surface area contributed by atoms with Gasteiger partial charge in [0.05, 0.1) is 12.7 Å². The lowest BCUT2D eigenvalue weighted by Gasteiger charge is -2.36. The number of benzene rings is 1. The van der Waals surface area contributed by atoms with Crippen LogP contribution in [0.5, 0.6) is 5.75 Å². The van der Waals surface area contributed by atoms with Gasteiger partial charge in [0.2, 0.25) is 0 Å². The van der Waals surface area contributed by atoms with Crippen LogP contribution in [0.2, 0.25) is 18.1 Å². The van der Waals surface area contributed by atoms with Crippen LogP contribution in [0.25, 0.3) is 0 Å². The van der Waals surface area contributed by atoms with Gasteiger partial charge >= 0.3 is 0 Å². The molecule has 0 saturated heterocycles. The van der Waals surface area contributed by atoms with Crippen LogP contribution in [0, 0.1) is 0 Å². The molecular weight excluding hydrogens is 268 g/mol. The second-order valence-electron chi connectivity index (χ2n) is 6.67. The van der Waals surface area contributed by atoms with Crippen molar-refractivity contribution in [3.8, 4) is 5.75 Å². The molecule has 0 bridgehead atoms. The molecule has 0 aliphatic carbocycles. The van der Waals surface area contributed by atoms with E-state index in [1.807, 2.05) is 24.3 Å². The normalized spacial score (nSPS) is 14.2. The molecule has 0 saturated carbocycles. The molecule has 0 radical (unpaired) electrons. The molecule has 1 aromatic carbocycles. The second kappa shape index (κ2) is 6.74. The van der Waals surface area contributed by atoms with Crippen LogP contribution >= 0.6 is 0 Å². The van der Waals surface area contributed by atoms with E-state index in [0.29, 0.717) is 13.2 Å². The summed E-state index contributed by atoms with van der Waals surface area (Å²) in [7, 11) is -1.71. The summed E-state index contributed by atoms with van der Waals surface area (Å²) in [6, 6.07) is 7.58. The van der Waals surface area contributed by atoms with Gasteiger partial charge in [-0.3, -0.25) is 0 Å². The highest BCUT2D eigenvalue weighted by molar-refractivity contribution is 6.74. The van der Waals surface area contributed by atoms with Gasteiger partial charge in [0.25, 0.3) is 0 Å². The number of hydrogen-bond acceptors (Lipinski definition) is 3. The Morgan fingerprint density at radius 1 is 1.15 bits per heavy atom. The number of ether oxygens (including phenoxy) is 1. The van der Waals surface area contributed by atoms with Crippen molar-refractivity contribution in [1.82, 2.24) is 0 Å². The van der Waals surface area contributed by atoms with Gasteiger partial charge in [-0.25, -0.2) is 0 Å². The number of rotatable bonds is 6. The first-order chi connectivity index (χ1) is 9.15.